The lowest BCUT2D eigenvalue weighted by Crippen LogP contribution is -2.55. The molecular weight excluding hydrogens is 371 g/mol. The zero-order valence-corrected chi connectivity index (χ0v) is 15.4. The van der Waals surface area contributed by atoms with Gasteiger partial charge >= 0.3 is 6.18 Å². The molecule has 2 aromatic rings. The van der Waals surface area contributed by atoms with Crippen LogP contribution in [0.5, 0.6) is 0 Å². The number of fused-ring (bicyclic) bond motifs is 1. The molecule has 2 aliphatic rings. The summed E-state index contributed by atoms with van der Waals surface area (Å²) in [5.74, 6) is -1.41. The number of nitrogens with zero attached hydrogens (tertiary/aromatic N) is 4. The Kier molecular flexibility index (Phi) is 5.37. The first-order valence-corrected chi connectivity index (χ1v) is 9.71. The maximum Gasteiger partial charge on any atom is 0.393 e. The lowest BCUT2D eigenvalue weighted by atomic mass is 9.89. The van der Waals surface area contributed by atoms with E-state index in [2.05, 4.69) is 20.3 Å². The Morgan fingerprint density at radius 1 is 0.964 bits per heavy atom. The summed E-state index contributed by atoms with van der Waals surface area (Å²) >= 11 is 0. The molecule has 2 fully saturated rings. The van der Waals surface area contributed by atoms with Gasteiger partial charge in [-0.25, -0.2) is 15.0 Å². The molecule has 1 aliphatic heterocycles. The molecule has 0 unspecified atom stereocenters. The minimum atomic E-state index is -4.25. The van der Waals surface area contributed by atoms with Crippen LogP contribution in [-0.4, -0.2) is 57.5 Å². The van der Waals surface area contributed by atoms with Crippen LogP contribution >= 0.6 is 0 Å². The van der Waals surface area contributed by atoms with Crippen molar-refractivity contribution in [1.82, 2.24) is 20.3 Å². The number of halogens is 3. The molecule has 0 amide bonds. The summed E-state index contributed by atoms with van der Waals surface area (Å²) in [5.41, 5.74) is 1.59. The fourth-order valence-corrected chi connectivity index (χ4v) is 4.35. The SMILES string of the molecule is O[C@H]1CC[C@@H](N[C@@H]2C[C@H](C(F)(F)F)CN(c3ccnc4nccnc34)C2)CC1. The van der Waals surface area contributed by atoms with E-state index in [4.69, 9.17) is 0 Å². The molecule has 4 rings (SSSR count). The fraction of sp³-hybridized carbons (Fsp3) is 0.632. The Hall–Kier alpha value is -2.00. The van der Waals surface area contributed by atoms with Gasteiger partial charge in [-0.1, -0.05) is 0 Å². The van der Waals surface area contributed by atoms with Crippen molar-refractivity contribution in [2.75, 3.05) is 18.0 Å². The number of aliphatic hydroxyl groups is 1. The number of aliphatic hydroxyl groups excluding tert-OH is 1. The summed E-state index contributed by atoms with van der Waals surface area (Å²) in [7, 11) is 0. The van der Waals surface area contributed by atoms with Gasteiger partial charge in [-0.3, -0.25) is 0 Å². The zero-order valence-electron chi connectivity index (χ0n) is 15.4. The highest BCUT2D eigenvalue weighted by Gasteiger charge is 2.45. The number of alkyl halides is 3. The first kappa shape index (κ1) is 19.3. The third-order valence-electron chi connectivity index (χ3n) is 5.77. The van der Waals surface area contributed by atoms with Crippen LogP contribution in [0.1, 0.15) is 32.1 Å². The maximum absolute atomic E-state index is 13.6. The number of anilines is 1. The van der Waals surface area contributed by atoms with Crippen molar-refractivity contribution in [3.05, 3.63) is 24.7 Å². The van der Waals surface area contributed by atoms with Gasteiger partial charge in [-0.2, -0.15) is 13.2 Å². The minimum absolute atomic E-state index is 0.0632. The molecule has 152 valence electrons. The smallest absolute Gasteiger partial charge is 0.393 e. The van der Waals surface area contributed by atoms with E-state index in [9.17, 15) is 18.3 Å². The molecule has 28 heavy (non-hydrogen) atoms. The van der Waals surface area contributed by atoms with E-state index < -0.39 is 12.1 Å². The van der Waals surface area contributed by atoms with Crippen molar-refractivity contribution in [2.45, 2.75) is 56.5 Å². The van der Waals surface area contributed by atoms with Crippen LogP contribution in [0.15, 0.2) is 24.7 Å². The van der Waals surface area contributed by atoms with Crippen molar-refractivity contribution >= 4 is 16.9 Å². The summed E-state index contributed by atoms with van der Waals surface area (Å²) in [6.07, 6.45) is 3.11. The van der Waals surface area contributed by atoms with Crippen molar-refractivity contribution in [3.63, 3.8) is 0 Å². The number of rotatable bonds is 3. The van der Waals surface area contributed by atoms with Crippen LogP contribution in [0.25, 0.3) is 11.2 Å². The van der Waals surface area contributed by atoms with E-state index in [0.717, 1.165) is 12.8 Å². The quantitative estimate of drug-likeness (QED) is 0.833. The molecule has 0 aromatic carbocycles. The van der Waals surface area contributed by atoms with Gasteiger partial charge in [0.05, 0.1) is 17.7 Å². The topological polar surface area (TPSA) is 74.2 Å². The number of nitrogens with one attached hydrogen (secondary N) is 1. The maximum atomic E-state index is 13.6. The largest absolute Gasteiger partial charge is 0.393 e. The molecule has 2 aromatic heterocycles. The molecule has 0 spiro atoms. The fourth-order valence-electron chi connectivity index (χ4n) is 4.35. The molecule has 3 heterocycles. The Morgan fingerprint density at radius 3 is 2.43 bits per heavy atom. The van der Waals surface area contributed by atoms with Gasteiger partial charge in [0.15, 0.2) is 5.65 Å². The first-order valence-electron chi connectivity index (χ1n) is 9.71. The molecule has 1 aliphatic carbocycles. The summed E-state index contributed by atoms with van der Waals surface area (Å²) in [5, 5.41) is 13.1. The van der Waals surface area contributed by atoms with Gasteiger partial charge in [0.25, 0.3) is 0 Å². The Bertz CT molecular complexity index is 804. The highest BCUT2D eigenvalue weighted by atomic mass is 19.4. The predicted molar refractivity (Wildman–Crippen MR) is 98.9 cm³/mol. The molecule has 6 nitrogen and oxygen atoms in total. The van der Waals surface area contributed by atoms with Crippen LogP contribution in [0.2, 0.25) is 0 Å². The minimum Gasteiger partial charge on any atom is -0.393 e. The molecule has 2 atom stereocenters. The van der Waals surface area contributed by atoms with Gasteiger partial charge < -0.3 is 15.3 Å². The molecule has 1 saturated carbocycles. The summed E-state index contributed by atoms with van der Waals surface area (Å²) in [6, 6.07) is 1.58. The van der Waals surface area contributed by atoms with E-state index in [-0.39, 0.29) is 31.2 Å². The van der Waals surface area contributed by atoms with E-state index in [1.807, 2.05) is 0 Å². The van der Waals surface area contributed by atoms with Crippen molar-refractivity contribution in [3.8, 4) is 0 Å². The lowest BCUT2D eigenvalue weighted by molar-refractivity contribution is -0.177. The number of pyridine rings is 1. The Morgan fingerprint density at radius 2 is 1.68 bits per heavy atom. The number of hydrogen-bond acceptors (Lipinski definition) is 6. The average molecular weight is 395 g/mol. The number of piperidine rings is 1. The summed E-state index contributed by atoms with van der Waals surface area (Å²) in [4.78, 5) is 14.4. The second kappa shape index (κ2) is 7.79. The van der Waals surface area contributed by atoms with E-state index >= 15 is 0 Å². The monoisotopic (exact) mass is 395 g/mol. The van der Waals surface area contributed by atoms with Crippen LogP contribution in [-0.2, 0) is 0 Å². The third-order valence-corrected chi connectivity index (χ3v) is 5.77. The second-order valence-electron chi connectivity index (χ2n) is 7.81. The summed E-state index contributed by atoms with van der Waals surface area (Å²) < 4.78 is 40.9. The predicted octanol–water partition coefficient (Wildman–Crippen LogP) is 2.68. The first-order chi connectivity index (χ1) is 13.4. The van der Waals surface area contributed by atoms with Gasteiger partial charge in [-0.05, 0) is 38.2 Å². The normalized spacial score (nSPS) is 29.2. The van der Waals surface area contributed by atoms with E-state index in [0.29, 0.717) is 36.2 Å². The van der Waals surface area contributed by atoms with E-state index in [1.165, 1.54) is 12.4 Å². The van der Waals surface area contributed by atoms with Crippen molar-refractivity contribution in [1.29, 1.82) is 0 Å². The van der Waals surface area contributed by atoms with Crippen LogP contribution < -0.4 is 10.2 Å². The molecule has 2 N–H and O–H groups in total. The Labute approximate surface area is 161 Å². The van der Waals surface area contributed by atoms with Gasteiger partial charge in [-0.15, -0.1) is 0 Å². The van der Waals surface area contributed by atoms with Crippen LogP contribution in [0.4, 0.5) is 18.9 Å². The zero-order chi connectivity index (χ0) is 19.7. The molecule has 9 heteroatoms. The van der Waals surface area contributed by atoms with Crippen molar-refractivity contribution < 1.29 is 18.3 Å². The number of aromatic nitrogens is 3. The highest BCUT2D eigenvalue weighted by molar-refractivity contribution is 5.85. The third kappa shape index (κ3) is 4.20. The van der Waals surface area contributed by atoms with Crippen LogP contribution in [0, 0.1) is 5.92 Å². The van der Waals surface area contributed by atoms with Gasteiger partial charge in [0.1, 0.15) is 5.52 Å². The molecule has 1 saturated heterocycles. The van der Waals surface area contributed by atoms with Crippen LogP contribution in [0.3, 0.4) is 0 Å². The number of hydrogen-bond donors (Lipinski definition) is 2. The lowest BCUT2D eigenvalue weighted by Gasteiger charge is -2.42. The second-order valence-corrected chi connectivity index (χ2v) is 7.81. The molecule has 0 radical (unpaired) electrons. The summed E-state index contributed by atoms with van der Waals surface area (Å²) in [6.45, 7) is 0.377. The standard InChI is InChI=1S/C19H24F3N5O/c20-19(21,22)12-9-14(26-13-1-3-15(28)4-2-13)11-27(10-12)16-5-6-24-18-17(16)23-7-8-25-18/h5-8,12-15,26,28H,1-4,9-11H2/t12-,13-,14+,15+/m0/s1. The van der Waals surface area contributed by atoms with Gasteiger partial charge in [0, 0.05) is 43.8 Å². The highest BCUT2D eigenvalue weighted by Crippen LogP contribution is 2.36. The van der Waals surface area contributed by atoms with Crippen molar-refractivity contribution in [2.24, 2.45) is 5.92 Å². The molecular formula is C19H24F3N5O. The molecule has 0 bridgehead atoms. The Balaban J connectivity index is 1.57. The average Bonchev–Trinajstić information content (AvgIpc) is 2.68. The van der Waals surface area contributed by atoms with Gasteiger partial charge in [0.2, 0.25) is 0 Å². The van der Waals surface area contributed by atoms with E-state index in [1.54, 1.807) is 17.2 Å².